The van der Waals surface area contributed by atoms with Crippen molar-refractivity contribution in [3.05, 3.63) is 71.0 Å². The lowest BCUT2D eigenvalue weighted by atomic mass is 9.83. The van der Waals surface area contributed by atoms with Gasteiger partial charge in [-0.2, -0.15) is 0 Å². The molecule has 0 bridgehead atoms. The fourth-order valence-corrected chi connectivity index (χ4v) is 3.23. The van der Waals surface area contributed by atoms with Crippen molar-refractivity contribution in [2.24, 2.45) is 0 Å². The molecule has 0 radical (unpaired) electrons. The topological polar surface area (TPSA) is 58.6 Å². The number of ether oxygens (including phenoxy) is 1. The zero-order valence-electron chi connectivity index (χ0n) is 14.0. The number of hydrogen-bond acceptors (Lipinski definition) is 3. The van der Waals surface area contributed by atoms with Crippen LogP contribution in [-0.4, -0.2) is 29.8 Å². The Morgan fingerprint density at radius 1 is 1.04 bits per heavy atom. The van der Waals surface area contributed by atoms with Gasteiger partial charge in [0.2, 0.25) is 0 Å². The minimum Gasteiger partial charge on any atom is -0.478 e. The molecule has 2 aromatic carbocycles. The summed E-state index contributed by atoms with van der Waals surface area (Å²) in [7, 11) is 0. The van der Waals surface area contributed by atoms with Gasteiger partial charge in [0.25, 0.3) is 0 Å². The first-order chi connectivity index (χ1) is 12.1. The van der Waals surface area contributed by atoms with Crippen LogP contribution < -0.4 is 5.32 Å². The molecule has 1 aliphatic heterocycles. The number of aromatic carboxylic acids is 1. The van der Waals surface area contributed by atoms with Crippen LogP contribution in [0.5, 0.6) is 0 Å². The molecule has 4 nitrogen and oxygen atoms in total. The van der Waals surface area contributed by atoms with Crippen molar-refractivity contribution in [2.45, 2.75) is 31.3 Å². The van der Waals surface area contributed by atoms with Crippen LogP contribution in [0.15, 0.2) is 48.5 Å². The van der Waals surface area contributed by atoms with E-state index in [1.54, 1.807) is 12.1 Å². The summed E-state index contributed by atoms with van der Waals surface area (Å²) in [6.45, 7) is 2.05. The second-order valence-corrected chi connectivity index (χ2v) is 6.55. The zero-order valence-corrected chi connectivity index (χ0v) is 14.0. The van der Waals surface area contributed by atoms with Gasteiger partial charge in [0, 0.05) is 25.3 Å². The minimum atomic E-state index is -0.920. The molecule has 2 aromatic rings. The minimum absolute atomic E-state index is 0.0957. The Morgan fingerprint density at radius 2 is 1.64 bits per heavy atom. The highest BCUT2D eigenvalue weighted by molar-refractivity contribution is 5.87. The highest BCUT2D eigenvalue weighted by Gasteiger charge is 2.32. The van der Waals surface area contributed by atoms with Gasteiger partial charge in [-0.25, -0.2) is 9.18 Å². The molecular formula is C20H22FNO3. The SMILES string of the molecule is O=C(O)c1ccc(CNC2(Cc3ccc(F)cc3)CCOCC2)cc1. The molecule has 0 unspecified atom stereocenters. The van der Waals surface area contributed by atoms with Gasteiger partial charge in [0.05, 0.1) is 5.56 Å². The number of carbonyl (C=O) groups is 1. The van der Waals surface area contributed by atoms with E-state index in [1.807, 2.05) is 24.3 Å². The maximum absolute atomic E-state index is 13.1. The Bertz CT molecular complexity index is 707. The van der Waals surface area contributed by atoms with Gasteiger partial charge < -0.3 is 15.2 Å². The highest BCUT2D eigenvalue weighted by atomic mass is 19.1. The summed E-state index contributed by atoms with van der Waals surface area (Å²) >= 11 is 0. The summed E-state index contributed by atoms with van der Waals surface area (Å²) in [5.74, 6) is -1.15. The molecule has 1 aliphatic rings. The van der Waals surface area contributed by atoms with E-state index in [4.69, 9.17) is 9.84 Å². The molecule has 0 aromatic heterocycles. The average Bonchev–Trinajstić information content (AvgIpc) is 2.63. The maximum atomic E-state index is 13.1. The van der Waals surface area contributed by atoms with Gasteiger partial charge >= 0.3 is 5.97 Å². The van der Waals surface area contributed by atoms with Crippen LogP contribution in [0, 0.1) is 5.82 Å². The Hall–Kier alpha value is -2.24. The first-order valence-corrected chi connectivity index (χ1v) is 8.46. The molecule has 25 heavy (non-hydrogen) atoms. The quantitative estimate of drug-likeness (QED) is 0.844. The van der Waals surface area contributed by atoms with Gasteiger partial charge in [0.15, 0.2) is 0 Å². The molecule has 0 spiro atoms. The van der Waals surface area contributed by atoms with E-state index in [9.17, 15) is 9.18 Å². The lowest BCUT2D eigenvalue weighted by molar-refractivity contribution is 0.0373. The van der Waals surface area contributed by atoms with Crippen LogP contribution in [-0.2, 0) is 17.7 Å². The molecule has 5 heteroatoms. The predicted octanol–water partition coefficient (Wildman–Crippen LogP) is 3.41. The zero-order chi connectivity index (χ0) is 17.7. The largest absolute Gasteiger partial charge is 0.478 e. The van der Waals surface area contributed by atoms with Crippen LogP contribution in [0.2, 0.25) is 0 Å². The fourth-order valence-electron chi connectivity index (χ4n) is 3.23. The monoisotopic (exact) mass is 343 g/mol. The Kier molecular flexibility index (Phi) is 5.46. The van der Waals surface area contributed by atoms with Crippen LogP contribution in [0.1, 0.15) is 34.3 Å². The molecule has 0 atom stereocenters. The third-order valence-corrected chi connectivity index (χ3v) is 4.77. The molecule has 2 N–H and O–H groups in total. The van der Waals surface area contributed by atoms with Gasteiger partial charge in [-0.15, -0.1) is 0 Å². The summed E-state index contributed by atoms with van der Waals surface area (Å²) in [5.41, 5.74) is 2.32. The van der Waals surface area contributed by atoms with E-state index in [-0.39, 0.29) is 16.9 Å². The molecule has 0 saturated carbocycles. The van der Waals surface area contributed by atoms with Crippen molar-refractivity contribution < 1.29 is 19.0 Å². The third kappa shape index (κ3) is 4.65. The standard InChI is InChI=1S/C20H22FNO3/c21-18-7-3-15(4-8-18)13-20(9-11-25-12-10-20)22-14-16-1-5-17(6-2-16)19(23)24/h1-8,22H,9-14H2,(H,23,24). The Morgan fingerprint density at radius 3 is 2.24 bits per heavy atom. The number of rotatable bonds is 6. The second kappa shape index (κ2) is 7.76. The lowest BCUT2D eigenvalue weighted by Gasteiger charge is -2.38. The summed E-state index contributed by atoms with van der Waals surface area (Å²) in [5, 5.41) is 12.6. The maximum Gasteiger partial charge on any atom is 0.335 e. The van der Waals surface area contributed by atoms with Gasteiger partial charge in [0.1, 0.15) is 5.82 Å². The van der Waals surface area contributed by atoms with E-state index in [2.05, 4.69) is 5.32 Å². The van der Waals surface area contributed by atoms with Gasteiger partial charge in [-0.05, 0) is 54.7 Å². The Balaban J connectivity index is 1.69. The summed E-state index contributed by atoms with van der Waals surface area (Å²) in [6, 6.07) is 13.6. The molecule has 1 saturated heterocycles. The van der Waals surface area contributed by atoms with E-state index in [1.165, 1.54) is 12.1 Å². The molecule has 1 heterocycles. The molecule has 1 fully saturated rings. The van der Waals surface area contributed by atoms with E-state index >= 15 is 0 Å². The number of benzene rings is 2. The van der Waals surface area contributed by atoms with E-state index in [0.29, 0.717) is 19.8 Å². The molecular weight excluding hydrogens is 321 g/mol. The smallest absolute Gasteiger partial charge is 0.335 e. The van der Waals surface area contributed by atoms with Crippen molar-refractivity contribution in [1.82, 2.24) is 5.32 Å². The van der Waals surface area contributed by atoms with Crippen LogP contribution in [0.4, 0.5) is 4.39 Å². The normalized spacial score (nSPS) is 16.5. The molecule has 0 amide bonds. The van der Waals surface area contributed by atoms with Crippen molar-refractivity contribution in [2.75, 3.05) is 13.2 Å². The number of nitrogens with one attached hydrogen (secondary N) is 1. The summed E-state index contributed by atoms with van der Waals surface area (Å²) in [6.07, 6.45) is 2.58. The van der Waals surface area contributed by atoms with Crippen molar-refractivity contribution in [3.63, 3.8) is 0 Å². The average molecular weight is 343 g/mol. The third-order valence-electron chi connectivity index (χ3n) is 4.77. The lowest BCUT2D eigenvalue weighted by Crippen LogP contribution is -2.50. The Labute approximate surface area is 146 Å². The summed E-state index contributed by atoms with van der Waals surface area (Å²) < 4.78 is 18.7. The van der Waals surface area contributed by atoms with E-state index in [0.717, 1.165) is 30.4 Å². The van der Waals surface area contributed by atoms with Crippen molar-refractivity contribution in [1.29, 1.82) is 0 Å². The molecule has 0 aliphatic carbocycles. The van der Waals surface area contributed by atoms with Crippen LogP contribution in [0.3, 0.4) is 0 Å². The second-order valence-electron chi connectivity index (χ2n) is 6.55. The summed E-state index contributed by atoms with van der Waals surface area (Å²) in [4.78, 5) is 10.9. The number of carboxylic acids is 1. The number of halogens is 1. The van der Waals surface area contributed by atoms with Crippen molar-refractivity contribution in [3.8, 4) is 0 Å². The first kappa shape index (κ1) is 17.6. The van der Waals surface area contributed by atoms with E-state index < -0.39 is 5.97 Å². The van der Waals surface area contributed by atoms with Gasteiger partial charge in [-0.1, -0.05) is 24.3 Å². The fraction of sp³-hybridized carbons (Fsp3) is 0.350. The first-order valence-electron chi connectivity index (χ1n) is 8.46. The van der Waals surface area contributed by atoms with Crippen LogP contribution in [0.25, 0.3) is 0 Å². The molecule has 3 rings (SSSR count). The number of carboxylic acid groups (broad SMARTS) is 1. The highest BCUT2D eigenvalue weighted by Crippen LogP contribution is 2.26. The van der Waals surface area contributed by atoms with Gasteiger partial charge in [-0.3, -0.25) is 0 Å². The predicted molar refractivity (Wildman–Crippen MR) is 93.1 cm³/mol. The molecule has 132 valence electrons. The number of hydrogen-bond donors (Lipinski definition) is 2. The van der Waals surface area contributed by atoms with Crippen LogP contribution >= 0.6 is 0 Å². The van der Waals surface area contributed by atoms with Crippen molar-refractivity contribution >= 4 is 5.97 Å².